The van der Waals surface area contributed by atoms with Crippen LogP contribution in [0.1, 0.15) is 12.5 Å². The number of amides is 4. The summed E-state index contributed by atoms with van der Waals surface area (Å²) < 4.78 is 28.1. The molecule has 10 heteroatoms. The molecule has 0 unspecified atom stereocenters. The molecule has 1 atom stereocenters. The van der Waals surface area contributed by atoms with E-state index in [1.165, 1.54) is 31.4 Å². The number of carbonyl (C=O) groups excluding carboxylic acids is 3. The number of urea groups is 1. The van der Waals surface area contributed by atoms with E-state index in [1.54, 1.807) is 31.2 Å². The molecule has 2 aromatic rings. The second-order valence-electron chi connectivity index (χ2n) is 7.02. The third kappa shape index (κ3) is 4.13. The smallest absolute Gasteiger partial charge is 0.325 e. The summed E-state index contributed by atoms with van der Waals surface area (Å²) in [5.74, 6) is -0.540. The first-order valence-electron chi connectivity index (χ1n) is 8.93. The van der Waals surface area contributed by atoms with Crippen molar-refractivity contribution in [2.24, 2.45) is 0 Å². The summed E-state index contributed by atoms with van der Waals surface area (Å²) in [5, 5.41) is 5.17. The molecule has 2 N–H and O–H groups in total. The second kappa shape index (κ2) is 7.79. The van der Waals surface area contributed by atoms with E-state index >= 15 is 0 Å². The van der Waals surface area contributed by atoms with Crippen LogP contribution in [0.5, 0.6) is 5.75 Å². The number of anilines is 1. The predicted octanol–water partition coefficient (Wildman–Crippen LogP) is 1.50. The molecule has 1 aliphatic heterocycles. The molecule has 0 bridgehead atoms. The van der Waals surface area contributed by atoms with Gasteiger partial charge < -0.3 is 15.4 Å². The average molecular weight is 431 g/mol. The van der Waals surface area contributed by atoms with Gasteiger partial charge in [0.1, 0.15) is 17.8 Å². The largest absolute Gasteiger partial charge is 0.497 e. The van der Waals surface area contributed by atoms with Gasteiger partial charge >= 0.3 is 6.03 Å². The Bertz CT molecular complexity index is 1100. The minimum absolute atomic E-state index is 0.116. The standard InChI is InChI=1S/C20H21N3O6S/c1-20(13-4-8-15(29-2)9-5-13)18(25)23(19(26)22-20)12-17(24)21-14-6-10-16(11-7-14)30(3,27)28/h4-11H,12H2,1-3H3,(H,21,24)(H,22,26)/t20-/m1/s1. The number of hydrogen-bond acceptors (Lipinski definition) is 6. The SMILES string of the molecule is COc1ccc([C@@]2(C)NC(=O)N(CC(=O)Nc3ccc(S(C)(=O)=O)cc3)C2=O)cc1. The van der Waals surface area contributed by atoms with E-state index in [0.717, 1.165) is 11.2 Å². The zero-order valence-corrected chi connectivity index (χ0v) is 17.4. The summed E-state index contributed by atoms with van der Waals surface area (Å²) >= 11 is 0. The number of imide groups is 1. The van der Waals surface area contributed by atoms with Gasteiger partial charge in [-0.25, -0.2) is 13.2 Å². The molecule has 1 aliphatic rings. The van der Waals surface area contributed by atoms with Crippen molar-refractivity contribution in [2.45, 2.75) is 17.4 Å². The lowest BCUT2D eigenvalue weighted by Gasteiger charge is -2.22. The Labute approximate surface area is 173 Å². The van der Waals surface area contributed by atoms with Crippen molar-refractivity contribution < 1.29 is 27.5 Å². The highest BCUT2D eigenvalue weighted by atomic mass is 32.2. The topological polar surface area (TPSA) is 122 Å². The molecule has 3 rings (SSSR count). The van der Waals surface area contributed by atoms with E-state index in [-0.39, 0.29) is 4.90 Å². The van der Waals surface area contributed by atoms with Crippen LogP contribution in [0.2, 0.25) is 0 Å². The molecule has 0 aromatic heterocycles. The van der Waals surface area contributed by atoms with Gasteiger partial charge in [0.15, 0.2) is 9.84 Å². The summed E-state index contributed by atoms with van der Waals surface area (Å²) in [6.07, 6.45) is 1.08. The van der Waals surface area contributed by atoms with Crippen LogP contribution in [0.3, 0.4) is 0 Å². The molecule has 4 amide bonds. The summed E-state index contributed by atoms with van der Waals surface area (Å²) in [7, 11) is -1.83. The normalized spacial score (nSPS) is 18.8. The number of ether oxygens (including phenoxy) is 1. The van der Waals surface area contributed by atoms with Crippen molar-refractivity contribution >= 4 is 33.4 Å². The maximum absolute atomic E-state index is 12.9. The summed E-state index contributed by atoms with van der Waals surface area (Å²) in [4.78, 5) is 38.6. The van der Waals surface area contributed by atoms with Crippen LogP contribution in [0, 0.1) is 0 Å². The minimum Gasteiger partial charge on any atom is -0.497 e. The predicted molar refractivity (Wildman–Crippen MR) is 109 cm³/mol. The van der Waals surface area contributed by atoms with Crippen molar-refractivity contribution in [2.75, 3.05) is 25.2 Å². The number of nitrogens with zero attached hydrogens (tertiary/aromatic N) is 1. The highest BCUT2D eigenvalue weighted by Gasteiger charge is 2.49. The molecule has 0 aliphatic carbocycles. The number of benzene rings is 2. The van der Waals surface area contributed by atoms with Crippen molar-refractivity contribution in [1.82, 2.24) is 10.2 Å². The van der Waals surface area contributed by atoms with E-state index < -0.39 is 39.8 Å². The monoisotopic (exact) mass is 431 g/mol. The summed E-state index contributed by atoms with van der Waals surface area (Å²) in [6, 6.07) is 11.6. The van der Waals surface area contributed by atoms with Gasteiger partial charge in [0.25, 0.3) is 5.91 Å². The first kappa shape index (κ1) is 21.3. The lowest BCUT2D eigenvalue weighted by molar-refractivity contribution is -0.133. The van der Waals surface area contributed by atoms with E-state index in [9.17, 15) is 22.8 Å². The number of sulfone groups is 1. The van der Waals surface area contributed by atoms with Crippen LogP contribution in [0.15, 0.2) is 53.4 Å². The maximum atomic E-state index is 12.9. The Hall–Kier alpha value is -3.40. The van der Waals surface area contributed by atoms with Gasteiger partial charge in [-0.2, -0.15) is 0 Å². The van der Waals surface area contributed by atoms with Crippen molar-refractivity contribution in [1.29, 1.82) is 0 Å². The molecule has 0 saturated carbocycles. The third-order valence-electron chi connectivity index (χ3n) is 4.81. The molecule has 1 saturated heterocycles. The highest BCUT2D eigenvalue weighted by Crippen LogP contribution is 2.30. The first-order chi connectivity index (χ1) is 14.0. The fourth-order valence-corrected chi connectivity index (χ4v) is 3.72. The lowest BCUT2D eigenvalue weighted by atomic mass is 9.92. The number of hydrogen-bond donors (Lipinski definition) is 2. The quantitative estimate of drug-likeness (QED) is 0.669. The van der Waals surface area contributed by atoms with Gasteiger partial charge in [-0.05, 0) is 48.9 Å². The molecule has 1 fully saturated rings. The van der Waals surface area contributed by atoms with Crippen LogP contribution >= 0.6 is 0 Å². The Morgan fingerprint density at radius 2 is 1.70 bits per heavy atom. The molecule has 158 valence electrons. The van der Waals surface area contributed by atoms with Crippen LogP contribution < -0.4 is 15.4 Å². The Morgan fingerprint density at radius 3 is 2.23 bits per heavy atom. The Morgan fingerprint density at radius 1 is 1.10 bits per heavy atom. The van der Waals surface area contributed by atoms with Gasteiger partial charge in [-0.15, -0.1) is 0 Å². The van der Waals surface area contributed by atoms with Crippen molar-refractivity contribution in [3.63, 3.8) is 0 Å². The molecular formula is C20H21N3O6S. The van der Waals surface area contributed by atoms with Crippen LogP contribution in [0.25, 0.3) is 0 Å². The Balaban J connectivity index is 1.71. The zero-order chi connectivity index (χ0) is 22.1. The van der Waals surface area contributed by atoms with Gasteiger partial charge in [-0.1, -0.05) is 12.1 Å². The van der Waals surface area contributed by atoms with E-state index in [4.69, 9.17) is 4.74 Å². The number of methoxy groups -OCH3 is 1. The van der Waals surface area contributed by atoms with Gasteiger partial charge in [0, 0.05) is 11.9 Å². The molecule has 30 heavy (non-hydrogen) atoms. The maximum Gasteiger partial charge on any atom is 0.325 e. The molecule has 2 aromatic carbocycles. The Kier molecular flexibility index (Phi) is 5.53. The minimum atomic E-state index is -3.35. The van der Waals surface area contributed by atoms with Gasteiger partial charge in [0.2, 0.25) is 5.91 Å². The highest BCUT2D eigenvalue weighted by molar-refractivity contribution is 7.90. The van der Waals surface area contributed by atoms with Crippen molar-refractivity contribution in [3.05, 3.63) is 54.1 Å². The zero-order valence-electron chi connectivity index (χ0n) is 16.6. The van der Waals surface area contributed by atoms with Crippen LogP contribution in [0.4, 0.5) is 10.5 Å². The molecule has 9 nitrogen and oxygen atoms in total. The average Bonchev–Trinajstić information content (AvgIpc) is 2.91. The van der Waals surface area contributed by atoms with E-state index in [1.807, 2.05) is 0 Å². The van der Waals surface area contributed by atoms with Crippen molar-refractivity contribution in [3.8, 4) is 5.75 Å². The molecule has 1 heterocycles. The van der Waals surface area contributed by atoms with E-state index in [0.29, 0.717) is 17.0 Å². The summed E-state index contributed by atoms with van der Waals surface area (Å²) in [5.41, 5.74) is -0.404. The summed E-state index contributed by atoms with van der Waals surface area (Å²) in [6.45, 7) is 1.08. The number of rotatable bonds is 6. The number of nitrogens with one attached hydrogen (secondary N) is 2. The third-order valence-corrected chi connectivity index (χ3v) is 5.94. The number of carbonyl (C=O) groups is 3. The van der Waals surface area contributed by atoms with Gasteiger partial charge in [0.05, 0.1) is 12.0 Å². The fourth-order valence-electron chi connectivity index (χ4n) is 3.09. The molecular weight excluding hydrogens is 410 g/mol. The lowest BCUT2D eigenvalue weighted by Crippen LogP contribution is -2.42. The first-order valence-corrected chi connectivity index (χ1v) is 10.8. The second-order valence-corrected chi connectivity index (χ2v) is 9.04. The van der Waals surface area contributed by atoms with Gasteiger partial charge in [-0.3, -0.25) is 14.5 Å². The van der Waals surface area contributed by atoms with Crippen LogP contribution in [-0.4, -0.2) is 51.1 Å². The molecule has 0 spiro atoms. The van der Waals surface area contributed by atoms with E-state index in [2.05, 4.69) is 10.6 Å². The van der Waals surface area contributed by atoms with Crippen LogP contribution in [-0.2, 0) is 25.0 Å². The molecule has 0 radical (unpaired) electrons. The fraction of sp³-hybridized carbons (Fsp3) is 0.250.